The molecule has 29 heavy (non-hydrogen) atoms. The number of anilines is 2. The Morgan fingerprint density at radius 2 is 1.86 bits per heavy atom. The second-order valence-corrected chi connectivity index (χ2v) is 6.82. The number of rotatable bonds is 3. The molecule has 5 nitrogen and oxygen atoms in total. The van der Waals surface area contributed by atoms with Crippen molar-refractivity contribution in [3.05, 3.63) is 79.0 Å². The summed E-state index contributed by atoms with van der Waals surface area (Å²) in [6, 6.07) is 23.4. The van der Waals surface area contributed by atoms with E-state index in [1.807, 2.05) is 72.9 Å². The number of hydrogen-bond donors (Lipinski definition) is 0. The normalized spacial score (nSPS) is 13.1. The van der Waals surface area contributed by atoms with E-state index in [0.29, 0.717) is 17.2 Å². The number of pyridine rings is 1. The SMILES string of the molecule is COc1cccc(N2C(=O)COc3ccc(-c4cnc5ccccc5c4)cc32)c1. The van der Waals surface area contributed by atoms with Crippen LogP contribution in [0.5, 0.6) is 11.5 Å². The number of carbonyl (C=O) groups is 1. The molecule has 0 atom stereocenters. The van der Waals surface area contributed by atoms with Crippen LogP contribution < -0.4 is 14.4 Å². The Morgan fingerprint density at radius 3 is 2.76 bits per heavy atom. The Balaban J connectivity index is 1.63. The van der Waals surface area contributed by atoms with Crippen LogP contribution >= 0.6 is 0 Å². The number of hydrogen-bond acceptors (Lipinski definition) is 4. The molecule has 142 valence electrons. The van der Waals surface area contributed by atoms with Crippen molar-refractivity contribution in [3.8, 4) is 22.6 Å². The van der Waals surface area contributed by atoms with Crippen molar-refractivity contribution in [1.82, 2.24) is 4.98 Å². The van der Waals surface area contributed by atoms with E-state index in [2.05, 4.69) is 11.1 Å². The van der Waals surface area contributed by atoms with Gasteiger partial charge in [0.05, 0.1) is 24.0 Å². The summed E-state index contributed by atoms with van der Waals surface area (Å²) >= 11 is 0. The van der Waals surface area contributed by atoms with Crippen LogP contribution in [0.3, 0.4) is 0 Å². The van der Waals surface area contributed by atoms with Gasteiger partial charge in [-0.05, 0) is 42.0 Å². The first-order valence-electron chi connectivity index (χ1n) is 9.32. The zero-order valence-electron chi connectivity index (χ0n) is 15.8. The number of ether oxygens (including phenoxy) is 2. The summed E-state index contributed by atoms with van der Waals surface area (Å²) in [7, 11) is 1.61. The molecular formula is C24H18N2O3. The first-order chi connectivity index (χ1) is 14.2. The number of nitrogens with zero attached hydrogens (tertiary/aromatic N) is 2. The molecule has 0 saturated heterocycles. The molecule has 4 aromatic rings. The molecular weight excluding hydrogens is 364 g/mol. The molecule has 5 heteroatoms. The molecule has 1 aliphatic heterocycles. The van der Waals surface area contributed by atoms with Gasteiger partial charge in [-0.3, -0.25) is 14.7 Å². The highest BCUT2D eigenvalue weighted by Crippen LogP contribution is 2.40. The van der Waals surface area contributed by atoms with Gasteiger partial charge in [0, 0.05) is 23.2 Å². The van der Waals surface area contributed by atoms with Gasteiger partial charge in [0.2, 0.25) is 0 Å². The summed E-state index contributed by atoms with van der Waals surface area (Å²) in [6.45, 7) is 0.00108. The maximum absolute atomic E-state index is 12.7. The predicted molar refractivity (Wildman–Crippen MR) is 113 cm³/mol. The van der Waals surface area contributed by atoms with E-state index in [-0.39, 0.29) is 12.5 Å². The van der Waals surface area contributed by atoms with Crippen LogP contribution in [0.25, 0.3) is 22.0 Å². The molecule has 0 spiro atoms. The van der Waals surface area contributed by atoms with Crippen LogP contribution in [0.4, 0.5) is 11.4 Å². The van der Waals surface area contributed by atoms with Gasteiger partial charge in [0.25, 0.3) is 5.91 Å². The van der Waals surface area contributed by atoms with Gasteiger partial charge in [-0.1, -0.05) is 30.3 Å². The van der Waals surface area contributed by atoms with Gasteiger partial charge < -0.3 is 9.47 Å². The standard InChI is InChI=1S/C24H18N2O3/c1-28-20-7-4-6-19(13-20)26-22-12-16(9-10-23(22)29-15-24(26)27)18-11-17-5-2-3-8-21(17)25-14-18/h2-14H,15H2,1H3. The smallest absolute Gasteiger partial charge is 0.269 e. The van der Waals surface area contributed by atoms with Crippen molar-refractivity contribution < 1.29 is 14.3 Å². The van der Waals surface area contributed by atoms with Crippen molar-refractivity contribution in [3.63, 3.8) is 0 Å². The molecule has 5 rings (SSSR count). The Morgan fingerprint density at radius 1 is 0.966 bits per heavy atom. The Hall–Kier alpha value is -3.86. The minimum absolute atomic E-state index is 0.00108. The molecule has 0 radical (unpaired) electrons. The number of benzene rings is 3. The predicted octanol–water partition coefficient (Wildman–Crippen LogP) is 4.97. The van der Waals surface area contributed by atoms with E-state index in [1.165, 1.54) is 0 Å². The number of carbonyl (C=O) groups excluding carboxylic acids is 1. The zero-order chi connectivity index (χ0) is 19.8. The summed E-state index contributed by atoms with van der Waals surface area (Å²) in [4.78, 5) is 19.0. The lowest BCUT2D eigenvalue weighted by atomic mass is 10.0. The number of para-hydroxylation sites is 1. The summed E-state index contributed by atoms with van der Waals surface area (Å²) in [5.74, 6) is 1.24. The Labute approximate surface area is 168 Å². The maximum Gasteiger partial charge on any atom is 0.269 e. The van der Waals surface area contributed by atoms with Crippen LogP contribution in [-0.4, -0.2) is 24.6 Å². The molecule has 1 aromatic heterocycles. The van der Waals surface area contributed by atoms with Gasteiger partial charge in [0.1, 0.15) is 11.5 Å². The second kappa shape index (κ2) is 6.95. The lowest BCUT2D eigenvalue weighted by Crippen LogP contribution is -2.35. The highest BCUT2D eigenvalue weighted by molar-refractivity contribution is 6.05. The van der Waals surface area contributed by atoms with Crippen molar-refractivity contribution >= 4 is 28.2 Å². The molecule has 0 N–H and O–H groups in total. The average molecular weight is 382 g/mol. The summed E-state index contributed by atoms with van der Waals surface area (Å²) in [6.07, 6.45) is 1.85. The first kappa shape index (κ1) is 17.3. The molecule has 2 heterocycles. The summed E-state index contributed by atoms with van der Waals surface area (Å²) in [5.41, 5.74) is 4.35. The third-order valence-electron chi connectivity index (χ3n) is 5.04. The van der Waals surface area contributed by atoms with E-state index in [4.69, 9.17) is 9.47 Å². The first-order valence-corrected chi connectivity index (χ1v) is 9.32. The fourth-order valence-electron chi connectivity index (χ4n) is 3.59. The van der Waals surface area contributed by atoms with E-state index < -0.39 is 0 Å². The second-order valence-electron chi connectivity index (χ2n) is 6.82. The molecule has 0 unspecified atom stereocenters. The third-order valence-corrected chi connectivity index (χ3v) is 5.04. The van der Waals surface area contributed by atoms with Crippen molar-refractivity contribution in [2.75, 3.05) is 18.6 Å². The number of methoxy groups -OCH3 is 1. The van der Waals surface area contributed by atoms with E-state index >= 15 is 0 Å². The maximum atomic E-state index is 12.7. The fourth-order valence-corrected chi connectivity index (χ4v) is 3.59. The molecule has 1 amide bonds. The molecule has 1 aliphatic rings. The van der Waals surface area contributed by atoms with Crippen LogP contribution in [0.15, 0.2) is 79.0 Å². The number of amides is 1. The monoisotopic (exact) mass is 382 g/mol. The van der Waals surface area contributed by atoms with Crippen LogP contribution in [-0.2, 0) is 4.79 Å². The van der Waals surface area contributed by atoms with Gasteiger partial charge in [-0.25, -0.2) is 0 Å². The van der Waals surface area contributed by atoms with Gasteiger partial charge in [-0.2, -0.15) is 0 Å². The van der Waals surface area contributed by atoms with Crippen molar-refractivity contribution in [2.24, 2.45) is 0 Å². The van der Waals surface area contributed by atoms with Crippen LogP contribution in [0.2, 0.25) is 0 Å². The lowest BCUT2D eigenvalue weighted by Gasteiger charge is -2.30. The van der Waals surface area contributed by atoms with Gasteiger partial charge >= 0.3 is 0 Å². The Bertz CT molecular complexity index is 1240. The zero-order valence-corrected chi connectivity index (χ0v) is 15.8. The lowest BCUT2D eigenvalue weighted by molar-refractivity contribution is -0.120. The van der Waals surface area contributed by atoms with E-state index in [1.54, 1.807) is 12.0 Å². The average Bonchev–Trinajstić information content (AvgIpc) is 2.78. The minimum atomic E-state index is -0.125. The third kappa shape index (κ3) is 3.06. The quantitative estimate of drug-likeness (QED) is 0.502. The van der Waals surface area contributed by atoms with Gasteiger partial charge in [-0.15, -0.1) is 0 Å². The highest BCUT2D eigenvalue weighted by atomic mass is 16.5. The highest BCUT2D eigenvalue weighted by Gasteiger charge is 2.27. The van der Waals surface area contributed by atoms with Crippen molar-refractivity contribution in [1.29, 1.82) is 0 Å². The topological polar surface area (TPSA) is 51.7 Å². The minimum Gasteiger partial charge on any atom is -0.497 e. The van der Waals surface area contributed by atoms with E-state index in [9.17, 15) is 4.79 Å². The largest absolute Gasteiger partial charge is 0.497 e. The molecule has 0 fully saturated rings. The molecule has 3 aromatic carbocycles. The van der Waals surface area contributed by atoms with Gasteiger partial charge in [0.15, 0.2) is 6.61 Å². The van der Waals surface area contributed by atoms with E-state index in [0.717, 1.165) is 27.7 Å². The number of fused-ring (bicyclic) bond motifs is 2. The van der Waals surface area contributed by atoms with Crippen molar-refractivity contribution in [2.45, 2.75) is 0 Å². The summed E-state index contributed by atoms with van der Waals surface area (Å²) in [5, 5.41) is 1.07. The fraction of sp³-hybridized carbons (Fsp3) is 0.0833. The van der Waals surface area contributed by atoms with Crippen LogP contribution in [0.1, 0.15) is 0 Å². The molecule has 0 aliphatic carbocycles. The van der Waals surface area contributed by atoms with Crippen LogP contribution in [0, 0.1) is 0 Å². The summed E-state index contributed by atoms with van der Waals surface area (Å²) < 4.78 is 11.0. The number of aromatic nitrogens is 1. The Kier molecular flexibility index (Phi) is 4.13. The molecule has 0 saturated carbocycles. The molecule has 0 bridgehead atoms.